The summed E-state index contributed by atoms with van der Waals surface area (Å²) in [7, 11) is 0. The summed E-state index contributed by atoms with van der Waals surface area (Å²) in [4.78, 5) is 44.5. The van der Waals surface area contributed by atoms with Crippen molar-refractivity contribution in [3.05, 3.63) is 92.9 Å². The first-order valence-corrected chi connectivity index (χ1v) is 12.8. The Balaban J connectivity index is 1.39. The van der Waals surface area contributed by atoms with Gasteiger partial charge in [-0.15, -0.1) is 11.3 Å². The number of rotatable bonds is 6. The molecular weight excluding hydrogens is 520 g/mol. The van der Waals surface area contributed by atoms with Crippen molar-refractivity contribution in [2.24, 2.45) is 4.99 Å². The molecule has 0 spiro atoms. The number of para-hydroxylation sites is 1. The fourth-order valence-electron chi connectivity index (χ4n) is 3.30. The standard InChI is InChI=1S/C24H14N4O5S3/c29-21-20(34-23(27-21)25-15-5-3-4-14(12-15)22(30)31)11-13-8-9-19(17(10-13)28(32)33)36-24-26-16-6-1-2-7-18(16)35-24/h1-12H,(H,30,31)(H,25,27,29)/b20-11-. The fourth-order valence-corrected chi connectivity index (χ4v) is 6.25. The Hall–Kier alpha value is -4.00. The number of hydrogen-bond acceptors (Lipinski definition) is 9. The molecule has 4 aromatic rings. The Morgan fingerprint density at radius 1 is 1.14 bits per heavy atom. The lowest BCUT2D eigenvalue weighted by Gasteiger charge is -2.02. The van der Waals surface area contributed by atoms with Crippen molar-refractivity contribution in [3.8, 4) is 0 Å². The molecule has 1 amide bonds. The molecule has 2 N–H and O–H groups in total. The summed E-state index contributed by atoms with van der Waals surface area (Å²) in [6.45, 7) is 0. The second kappa shape index (κ2) is 9.93. The molecule has 1 fully saturated rings. The van der Waals surface area contributed by atoms with E-state index in [1.165, 1.54) is 41.3 Å². The highest BCUT2D eigenvalue weighted by atomic mass is 32.2. The summed E-state index contributed by atoms with van der Waals surface area (Å²) in [6, 6.07) is 18.4. The summed E-state index contributed by atoms with van der Waals surface area (Å²) in [6.07, 6.45) is 1.55. The zero-order valence-electron chi connectivity index (χ0n) is 18.1. The maximum atomic E-state index is 12.4. The van der Waals surface area contributed by atoms with Crippen molar-refractivity contribution < 1.29 is 19.6 Å². The van der Waals surface area contributed by atoms with E-state index in [2.05, 4.69) is 15.3 Å². The number of carbonyl (C=O) groups is 2. The number of hydrogen-bond donors (Lipinski definition) is 2. The Bertz CT molecular complexity index is 1580. The Kier molecular flexibility index (Phi) is 6.55. The molecule has 1 saturated heterocycles. The van der Waals surface area contributed by atoms with Gasteiger partial charge >= 0.3 is 5.97 Å². The van der Waals surface area contributed by atoms with Gasteiger partial charge in [0.25, 0.3) is 11.6 Å². The number of aromatic carboxylic acids is 1. The molecule has 1 aliphatic rings. The second-order valence-electron chi connectivity index (χ2n) is 7.37. The summed E-state index contributed by atoms with van der Waals surface area (Å²) in [5.41, 5.74) is 1.70. The molecule has 2 heterocycles. The molecule has 0 aliphatic carbocycles. The van der Waals surface area contributed by atoms with Crippen LogP contribution in [0.1, 0.15) is 15.9 Å². The van der Waals surface area contributed by atoms with Gasteiger partial charge in [0, 0.05) is 6.07 Å². The van der Waals surface area contributed by atoms with Gasteiger partial charge in [-0.1, -0.05) is 36.0 Å². The number of aliphatic imine (C=N–C) groups is 1. The van der Waals surface area contributed by atoms with E-state index in [0.29, 0.717) is 25.4 Å². The highest BCUT2D eigenvalue weighted by Crippen LogP contribution is 2.39. The first-order chi connectivity index (χ1) is 17.4. The van der Waals surface area contributed by atoms with Crippen LogP contribution in [0.2, 0.25) is 0 Å². The van der Waals surface area contributed by atoms with Crippen LogP contribution < -0.4 is 5.32 Å². The third kappa shape index (κ3) is 5.15. The number of carboxylic acid groups (broad SMARTS) is 1. The van der Waals surface area contributed by atoms with Gasteiger partial charge < -0.3 is 10.4 Å². The van der Waals surface area contributed by atoms with Gasteiger partial charge in [0.1, 0.15) is 0 Å². The summed E-state index contributed by atoms with van der Waals surface area (Å²) in [5, 5.41) is 23.8. The zero-order valence-corrected chi connectivity index (χ0v) is 20.5. The van der Waals surface area contributed by atoms with Crippen molar-refractivity contribution >= 4 is 79.6 Å². The normalized spacial score (nSPS) is 15.5. The Morgan fingerprint density at radius 3 is 2.75 bits per heavy atom. The van der Waals surface area contributed by atoms with E-state index in [4.69, 9.17) is 5.11 Å². The number of carbonyl (C=O) groups excluding carboxylic acids is 1. The smallest absolute Gasteiger partial charge is 0.335 e. The maximum absolute atomic E-state index is 12.4. The summed E-state index contributed by atoms with van der Waals surface area (Å²) >= 11 is 3.75. The van der Waals surface area contributed by atoms with Crippen LogP contribution in [-0.4, -0.2) is 32.1 Å². The lowest BCUT2D eigenvalue weighted by Crippen LogP contribution is -2.19. The number of thiazole rings is 1. The quantitative estimate of drug-likeness (QED) is 0.176. The van der Waals surface area contributed by atoms with Crippen LogP contribution in [0.5, 0.6) is 0 Å². The van der Waals surface area contributed by atoms with Crippen LogP contribution in [0.15, 0.2) is 85.9 Å². The van der Waals surface area contributed by atoms with Gasteiger partial charge in [-0.2, -0.15) is 0 Å². The van der Waals surface area contributed by atoms with Crippen LogP contribution >= 0.6 is 34.9 Å². The number of aromatic nitrogens is 1. The largest absolute Gasteiger partial charge is 0.478 e. The molecule has 5 rings (SSSR count). The van der Waals surface area contributed by atoms with Gasteiger partial charge in [0.2, 0.25) is 0 Å². The van der Waals surface area contributed by atoms with E-state index >= 15 is 0 Å². The fraction of sp³-hybridized carbons (Fsp3) is 0. The number of fused-ring (bicyclic) bond motifs is 1. The van der Waals surface area contributed by atoms with Crippen molar-refractivity contribution in [2.45, 2.75) is 9.24 Å². The van der Waals surface area contributed by atoms with E-state index in [9.17, 15) is 19.7 Å². The average molecular weight is 535 g/mol. The number of amidine groups is 1. The molecule has 1 aromatic heterocycles. The molecule has 12 heteroatoms. The monoisotopic (exact) mass is 534 g/mol. The maximum Gasteiger partial charge on any atom is 0.335 e. The Labute approximate surface area is 216 Å². The number of nitrogens with zero attached hydrogens (tertiary/aromatic N) is 3. The van der Waals surface area contributed by atoms with Gasteiger partial charge in [-0.3, -0.25) is 14.9 Å². The zero-order chi connectivity index (χ0) is 25.2. The molecule has 0 saturated carbocycles. The number of benzene rings is 3. The lowest BCUT2D eigenvalue weighted by molar-refractivity contribution is -0.387. The lowest BCUT2D eigenvalue weighted by atomic mass is 10.2. The minimum absolute atomic E-state index is 0.0815. The third-order valence-electron chi connectivity index (χ3n) is 4.92. The third-order valence-corrected chi connectivity index (χ3v) is 8.00. The van der Waals surface area contributed by atoms with E-state index in [0.717, 1.165) is 22.0 Å². The number of thioether (sulfide) groups is 1. The Morgan fingerprint density at radius 2 is 1.97 bits per heavy atom. The van der Waals surface area contributed by atoms with Crippen molar-refractivity contribution in [1.82, 2.24) is 10.3 Å². The minimum Gasteiger partial charge on any atom is -0.478 e. The first-order valence-electron chi connectivity index (χ1n) is 10.3. The van der Waals surface area contributed by atoms with Crippen molar-refractivity contribution in [2.75, 3.05) is 0 Å². The number of nitro benzene ring substituents is 1. The van der Waals surface area contributed by atoms with E-state index in [1.807, 2.05) is 24.3 Å². The molecule has 0 unspecified atom stereocenters. The van der Waals surface area contributed by atoms with Gasteiger partial charge in [-0.05, 0) is 59.8 Å². The number of amides is 1. The molecule has 178 valence electrons. The average Bonchev–Trinajstić information content (AvgIpc) is 3.42. The second-order valence-corrected chi connectivity index (χ2v) is 10.7. The van der Waals surface area contributed by atoms with Crippen LogP contribution in [0, 0.1) is 10.1 Å². The topological polar surface area (TPSA) is 135 Å². The minimum atomic E-state index is -1.08. The highest BCUT2D eigenvalue weighted by molar-refractivity contribution is 8.18. The highest BCUT2D eigenvalue weighted by Gasteiger charge is 2.25. The molecular formula is C24H14N4O5S3. The van der Waals surface area contributed by atoms with E-state index < -0.39 is 16.8 Å². The number of nitrogens with one attached hydrogen (secondary N) is 1. The molecule has 1 aliphatic heterocycles. The predicted octanol–water partition coefficient (Wildman–Crippen LogP) is 5.95. The molecule has 9 nitrogen and oxygen atoms in total. The molecule has 0 radical (unpaired) electrons. The van der Waals surface area contributed by atoms with Gasteiger partial charge in [0.05, 0.1) is 36.2 Å². The molecule has 36 heavy (non-hydrogen) atoms. The summed E-state index contributed by atoms with van der Waals surface area (Å²) < 4.78 is 1.70. The van der Waals surface area contributed by atoms with E-state index in [-0.39, 0.29) is 16.4 Å². The van der Waals surface area contributed by atoms with Crippen molar-refractivity contribution in [1.29, 1.82) is 0 Å². The first kappa shape index (κ1) is 23.7. The van der Waals surface area contributed by atoms with Crippen LogP contribution in [0.4, 0.5) is 11.4 Å². The van der Waals surface area contributed by atoms with Crippen LogP contribution in [0.25, 0.3) is 16.3 Å². The molecule has 0 bridgehead atoms. The van der Waals surface area contributed by atoms with Gasteiger partial charge in [-0.25, -0.2) is 14.8 Å². The SMILES string of the molecule is O=C1NC(=Nc2cccc(C(=O)O)c2)S/C1=C\c1ccc(Sc2nc3ccccc3s2)c([N+](=O)[O-])c1. The molecule has 0 atom stereocenters. The van der Waals surface area contributed by atoms with E-state index in [1.54, 1.807) is 30.3 Å². The number of carboxylic acids is 1. The molecule has 3 aromatic carbocycles. The van der Waals surface area contributed by atoms with Crippen LogP contribution in [-0.2, 0) is 4.79 Å². The van der Waals surface area contributed by atoms with Gasteiger partial charge in [0.15, 0.2) is 9.51 Å². The summed E-state index contributed by atoms with van der Waals surface area (Å²) in [5.74, 6) is -1.48. The van der Waals surface area contributed by atoms with Crippen LogP contribution in [0.3, 0.4) is 0 Å². The van der Waals surface area contributed by atoms with Crippen molar-refractivity contribution in [3.63, 3.8) is 0 Å². The predicted molar refractivity (Wildman–Crippen MR) is 141 cm³/mol. The number of nitro groups is 1.